The molecule has 11 heavy (non-hydrogen) atoms. The van der Waals surface area contributed by atoms with E-state index in [1.54, 1.807) is 0 Å². The molecular formula is C7H11F3Se. The summed E-state index contributed by atoms with van der Waals surface area (Å²) in [5.41, 5.74) is 0. The Morgan fingerprint density at radius 1 is 1.00 bits per heavy atom. The maximum absolute atomic E-state index is 11.9. The molecule has 0 aromatic heterocycles. The molecule has 0 spiro atoms. The van der Waals surface area contributed by atoms with Crippen molar-refractivity contribution in [1.82, 2.24) is 0 Å². The van der Waals surface area contributed by atoms with Gasteiger partial charge in [-0.1, -0.05) is 0 Å². The van der Waals surface area contributed by atoms with E-state index >= 15 is 0 Å². The Kier molecular flexibility index (Phi) is 3.26. The topological polar surface area (TPSA) is 0 Å². The van der Waals surface area contributed by atoms with Gasteiger partial charge in [0.1, 0.15) is 0 Å². The molecule has 0 atom stereocenters. The van der Waals surface area contributed by atoms with Crippen molar-refractivity contribution in [3.63, 3.8) is 0 Å². The van der Waals surface area contributed by atoms with Gasteiger partial charge >= 0.3 is 70.1 Å². The maximum atomic E-state index is 11.9. The quantitative estimate of drug-likeness (QED) is 0.608. The summed E-state index contributed by atoms with van der Waals surface area (Å²) >= 11 is -1.12. The second-order valence-corrected chi connectivity index (χ2v) is 5.69. The van der Waals surface area contributed by atoms with Crippen LogP contribution >= 0.6 is 0 Å². The van der Waals surface area contributed by atoms with E-state index in [9.17, 15) is 13.2 Å². The van der Waals surface area contributed by atoms with E-state index in [0.29, 0.717) is 0 Å². The Labute approximate surface area is 70.7 Å². The van der Waals surface area contributed by atoms with Crippen LogP contribution < -0.4 is 0 Å². The molecule has 1 rings (SSSR count). The number of alkyl halides is 3. The van der Waals surface area contributed by atoms with E-state index in [-0.39, 0.29) is 4.82 Å². The summed E-state index contributed by atoms with van der Waals surface area (Å²) in [6.45, 7) is 0. The third kappa shape index (κ3) is 4.02. The van der Waals surface area contributed by atoms with E-state index < -0.39 is 20.0 Å². The van der Waals surface area contributed by atoms with E-state index in [1.165, 1.54) is 0 Å². The van der Waals surface area contributed by atoms with Crippen molar-refractivity contribution in [1.29, 1.82) is 0 Å². The van der Waals surface area contributed by atoms with Gasteiger partial charge < -0.3 is 0 Å². The van der Waals surface area contributed by atoms with Crippen molar-refractivity contribution >= 4 is 15.0 Å². The molecule has 0 amide bonds. The number of hydrogen-bond donors (Lipinski definition) is 0. The summed E-state index contributed by atoms with van der Waals surface area (Å²) in [4.78, 5) is -0.0174. The predicted molar refractivity (Wildman–Crippen MR) is 38.6 cm³/mol. The molecule has 0 radical (unpaired) electrons. The first-order valence-corrected chi connectivity index (χ1v) is 5.67. The van der Waals surface area contributed by atoms with Gasteiger partial charge in [0.15, 0.2) is 0 Å². The Morgan fingerprint density at radius 3 is 2.00 bits per heavy atom. The fourth-order valence-corrected chi connectivity index (χ4v) is 3.36. The van der Waals surface area contributed by atoms with Crippen LogP contribution in [0.2, 0.25) is 4.82 Å². The van der Waals surface area contributed by atoms with Crippen molar-refractivity contribution < 1.29 is 13.2 Å². The summed E-state index contributed by atoms with van der Waals surface area (Å²) in [7, 11) is 0. The van der Waals surface area contributed by atoms with Gasteiger partial charge in [-0.3, -0.25) is 0 Å². The summed E-state index contributed by atoms with van der Waals surface area (Å²) in [5, 5.41) is -3.88. The summed E-state index contributed by atoms with van der Waals surface area (Å²) in [6, 6.07) is 0. The molecule has 4 heteroatoms. The Hall–Kier alpha value is 0.309. The minimum atomic E-state index is -3.88. The Bertz CT molecular complexity index is 115. The van der Waals surface area contributed by atoms with E-state index in [1.807, 2.05) is 0 Å². The molecule has 1 aliphatic carbocycles. The molecule has 1 saturated carbocycles. The molecule has 0 aromatic carbocycles. The Balaban J connectivity index is 2.24. The summed E-state index contributed by atoms with van der Waals surface area (Å²) < 4.78 is 35.6. The van der Waals surface area contributed by atoms with Gasteiger partial charge in [-0.25, -0.2) is 0 Å². The SMILES string of the molecule is FC(F)(F)[Se]C1CCCCC1. The normalized spacial score (nSPS) is 22.1. The molecule has 0 aromatic rings. The minimum absolute atomic E-state index is 0.0174. The van der Waals surface area contributed by atoms with Crippen LogP contribution in [-0.2, 0) is 0 Å². The summed E-state index contributed by atoms with van der Waals surface area (Å²) in [5.74, 6) is 0. The molecule has 1 fully saturated rings. The van der Waals surface area contributed by atoms with Gasteiger partial charge in [-0.05, 0) is 0 Å². The van der Waals surface area contributed by atoms with Gasteiger partial charge in [0.2, 0.25) is 0 Å². The van der Waals surface area contributed by atoms with Crippen molar-refractivity contribution in [3.05, 3.63) is 0 Å². The number of rotatable bonds is 1. The average molecular weight is 231 g/mol. The van der Waals surface area contributed by atoms with Crippen LogP contribution in [-0.4, -0.2) is 20.0 Å². The molecule has 0 bridgehead atoms. The van der Waals surface area contributed by atoms with Crippen LogP contribution in [0, 0.1) is 0 Å². The number of hydrogen-bond acceptors (Lipinski definition) is 0. The average Bonchev–Trinajstić information content (AvgIpc) is 1.85. The molecule has 0 heterocycles. The summed E-state index contributed by atoms with van der Waals surface area (Å²) in [6.07, 6.45) is 4.74. The van der Waals surface area contributed by atoms with Gasteiger partial charge in [-0.2, -0.15) is 0 Å². The van der Waals surface area contributed by atoms with Crippen LogP contribution in [0.25, 0.3) is 0 Å². The molecular weight excluding hydrogens is 220 g/mol. The second kappa shape index (κ2) is 3.81. The molecule has 66 valence electrons. The van der Waals surface area contributed by atoms with E-state index in [4.69, 9.17) is 0 Å². The van der Waals surface area contributed by atoms with Gasteiger partial charge in [-0.15, -0.1) is 0 Å². The van der Waals surface area contributed by atoms with Crippen LogP contribution in [0.4, 0.5) is 13.2 Å². The van der Waals surface area contributed by atoms with Crippen molar-refractivity contribution in [2.45, 2.75) is 42.0 Å². The monoisotopic (exact) mass is 232 g/mol. The van der Waals surface area contributed by atoms with Crippen LogP contribution in [0.15, 0.2) is 0 Å². The molecule has 0 nitrogen and oxygen atoms in total. The zero-order valence-corrected chi connectivity index (χ0v) is 7.87. The van der Waals surface area contributed by atoms with Gasteiger partial charge in [0, 0.05) is 0 Å². The fraction of sp³-hybridized carbons (Fsp3) is 1.00. The first-order chi connectivity index (χ1) is 5.08. The second-order valence-electron chi connectivity index (χ2n) is 2.82. The third-order valence-corrected chi connectivity index (χ3v) is 4.10. The van der Waals surface area contributed by atoms with Crippen molar-refractivity contribution in [2.75, 3.05) is 0 Å². The first-order valence-electron chi connectivity index (χ1n) is 3.82. The molecule has 1 aliphatic rings. The molecule has 0 saturated heterocycles. The molecule has 0 unspecified atom stereocenters. The number of halogens is 3. The Morgan fingerprint density at radius 2 is 1.55 bits per heavy atom. The van der Waals surface area contributed by atoms with E-state index in [2.05, 4.69) is 0 Å². The van der Waals surface area contributed by atoms with Crippen molar-refractivity contribution in [3.8, 4) is 0 Å². The first kappa shape index (κ1) is 9.40. The predicted octanol–water partition coefficient (Wildman–Crippen LogP) is 2.96. The van der Waals surface area contributed by atoms with E-state index in [0.717, 1.165) is 32.1 Å². The van der Waals surface area contributed by atoms with Gasteiger partial charge in [0.25, 0.3) is 0 Å². The zero-order chi connectivity index (χ0) is 8.32. The standard InChI is InChI=1S/C7H11F3Se/c8-7(9,10)11-6-4-2-1-3-5-6/h6H,1-5H2. The van der Waals surface area contributed by atoms with Crippen LogP contribution in [0.1, 0.15) is 32.1 Å². The molecule has 0 N–H and O–H groups in total. The van der Waals surface area contributed by atoms with Crippen LogP contribution in [0.5, 0.6) is 0 Å². The van der Waals surface area contributed by atoms with Crippen molar-refractivity contribution in [2.24, 2.45) is 0 Å². The molecule has 0 aliphatic heterocycles. The third-order valence-electron chi connectivity index (χ3n) is 1.85. The van der Waals surface area contributed by atoms with Gasteiger partial charge in [0.05, 0.1) is 0 Å². The zero-order valence-electron chi connectivity index (χ0n) is 6.16. The fourth-order valence-electron chi connectivity index (χ4n) is 1.37. The van der Waals surface area contributed by atoms with Crippen LogP contribution in [0.3, 0.4) is 0 Å².